The van der Waals surface area contributed by atoms with E-state index < -0.39 is 6.04 Å². The smallest absolute Gasteiger partial charge is 0.308 e. The first kappa shape index (κ1) is 13.9. The fraction of sp³-hybridized carbons (Fsp3) is 0.333. The third-order valence-electron chi connectivity index (χ3n) is 3.08. The van der Waals surface area contributed by atoms with Crippen molar-refractivity contribution in [2.24, 2.45) is 0 Å². The monoisotopic (exact) mass is 272 g/mol. The normalized spacial score (nSPS) is 11.8. The Labute approximate surface area is 117 Å². The quantitative estimate of drug-likeness (QED) is 0.785. The number of rotatable bonds is 5. The Morgan fingerprint density at radius 3 is 2.90 bits per heavy atom. The highest BCUT2D eigenvalue weighted by atomic mass is 16.5. The molecule has 0 aliphatic heterocycles. The van der Waals surface area contributed by atoms with Crippen molar-refractivity contribution >= 4 is 16.9 Å². The van der Waals surface area contributed by atoms with Gasteiger partial charge in [0.05, 0.1) is 26.2 Å². The molecule has 1 unspecified atom stereocenters. The number of carbonyl (C=O) groups is 1. The molecule has 0 spiro atoms. The van der Waals surface area contributed by atoms with Crippen LogP contribution in [0.1, 0.15) is 19.4 Å². The largest absolute Gasteiger partial charge is 0.497 e. The second-order valence-electron chi connectivity index (χ2n) is 4.30. The molecule has 0 saturated carbocycles. The highest BCUT2D eigenvalue weighted by Gasteiger charge is 2.17. The summed E-state index contributed by atoms with van der Waals surface area (Å²) in [7, 11) is 1.61. The zero-order chi connectivity index (χ0) is 14.5. The average Bonchev–Trinajstić information content (AvgIpc) is 2.87. The van der Waals surface area contributed by atoms with Gasteiger partial charge in [-0.15, -0.1) is 0 Å². The summed E-state index contributed by atoms with van der Waals surface area (Å²) in [5.74, 6) is 0.392. The molecule has 0 bridgehead atoms. The molecule has 0 saturated heterocycles. The molecule has 0 N–H and O–H groups in total. The van der Waals surface area contributed by atoms with E-state index in [1.54, 1.807) is 24.8 Å². The average molecular weight is 272 g/mol. The second-order valence-corrected chi connectivity index (χ2v) is 4.30. The minimum Gasteiger partial charge on any atom is -0.497 e. The first-order valence-corrected chi connectivity index (χ1v) is 6.39. The highest BCUT2D eigenvalue weighted by molar-refractivity contribution is 5.82. The van der Waals surface area contributed by atoms with E-state index in [1.165, 1.54) is 0 Å². The van der Waals surface area contributed by atoms with Crippen LogP contribution in [0, 0.1) is 11.3 Å². The molecule has 1 aromatic carbocycles. The number of nitrogens with zero attached hydrogens (tertiary/aromatic N) is 2. The van der Waals surface area contributed by atoms with Gasteiger partial charge in [0.25, 0.3) is 0 Å². The van der Waals surface area contributed by atoms with Gasteiger partial charge >= 0.3 is 5.97 Å². The van der Waals surface area contributed by atoms with Crippen molar-refractivity contribution in [2.75, 3.05) is 13.7 Å². The molecule has 2 rings (SSSR count). The van der Waals surface area contributed by atoms with Crippen LogP contribution in [0.5, 0.6) is 5.75 Å². The van der Waals surface area contributed by atoms with Gasteiger partial charge in [0.1, 0.15) is 11.8 Å². The van der Waals surface area contributed by atoms with Gasteiger partial charge in [-0.25, -0.2) is 0 Å². The molecule has 104 valence electrons. The molecule has 1 heterocycles. The first-order valence-electron chi connectivity index (χ1n) is 6.39. The Balaban J connectivity index is 2.31. The van der Waals surface area contributed by atoms with E-state index in [4.69, 9.17) is 9.47 Å². The van der Waals surface area contributed by atoms with E-state index in [0.717, 1.165) is 16.7 Å². The van der Waals surface area contributed by atoms with Crippen LogP contribution in [0.25, 0.3) is 10.9 Å². The van der Waals surface area contributed by atoms with Crippen molar-refractivity contribution in [3.8, 4) is 11.8 Å². The number of carbonyl (C=O) groups excluding carboxylic acids is 1. The zero-order valence-electron chi connectivity index (χ0n) is 11.5. The van der Waals surface area contributed by atoms with Crippen LogP contribution >= 0.6 is 0 Å². The Morgan fingerprint density at radius 1 is 1.45 bits per heavy atom. The molecule has 1 atom stereocenters. The maximum Gasteiger partial charge on any atom is 0.308 e. The molecule has 20 heavy (non-hydrogen) atoms. The lowest BCUT2D eigenvalue weighted by Crippen LogP contribution is -2.13. The number of esters is 1. The summed E-state index contributed by atoms with van der Waals surface area (Å²) in [4.78, 5) is 11.5. The van der Waals surface area contributed by atoms with Crippen LogP contribution in [-0.2, 0) is 9.53 Å². The minimum absolute atomic E-state index is 0.0418. The van der Waals surface area contributed by atoms with Crippen LogP contribution in [0.4, 0.5) is 0 Å². The Kier molecular flexibility index (Phi) is 4.26. The molecule has 0 aliphatic rings. The summed E-state index contributed by atoms with van der Waals surface area (Å²) in [5, 5.41) is 10.2. The predicted octanol–water partition coefficient (Wildman–Crippen LogP) is 2.67. The lowest BCUT2D eigenvalue weighted by molar-refractivity contribution is -0.143. The lowest BCUT2D eigenvalue weighted by atomic mass is 10.2. The molecular weight excluding hydrogens is 256 g/mol. The number of benzene rings is 1. The Hall–Kier alpha value is -2.48. The van der Waals surface area contributed by atoms with Crippen LogP contribution in [-0.4, -0.2) is 24.3 Å². The molecule has 5 heteroatoms. The molecule has 0 amide bonds. The van der Waals surface area contributed by atoms with E-state index in [0.29, 0.717) is 6.61 Å². The Morgan fingerprint density at radius 2 is 2.25 bits per heavy atom. The van der Waals surface area contributed by atoms with Gasteiger partial charge in [0.2, 0.25) is 0 Å². The van der Waals surface area contributed by atoms with Crippen molar-refractivity contribution in [3.63, 3.8) is 0 Å². The molecule has 0 radical (unpaired) electrons. The zero-order valence-corrected chi connectivity index (χ0v) is 11.5. The van der Waals surface area contributed by atoms with E-state index in [9.17, 15) is 10.1 Å². The fourth-order valence-corrected chi connectivity index (χ4v) is 2.12. The van der Waals surface area contributed by atoms with Gasteiger partial charge < -0.3 is 14.0 Å². The molecule has 0 fully saturated rings. The maximum atomic E-state index is 11.5. The van der Waals surface area contributed by atoms with Gasteiger partial charge in [-0.2, -0.15) is 5.26 Å². The molecule has 1 aromatic heterocycles. The fourth-order valence-electron chi connectivity index (χ4n) is 2.12. The minimum atomic E-state index is -0.569. The van der Waals surface area contributed by atoms with Gasteiger partial charge in [0.15, 0.2) is 0 Å². The topological polar surface area (TPSA) is 64.2 Å². The highest BCUT2D eigenvalue weighted by Crippen LogP contribution is 2.25. The lowest BCUT2D eigenvalue weighted by Gasteiger charge is -2.12. The van der Waals surface area contributed by atoms with Crippen molar-refractivity contribution in [2.45, 2.75) is 19.4 Å². The van der Waals surface area contributed by atoms with Crippen LogP contribution in [0.15, 0.2) is 30.5 Å². The SMILES string of the molecule is CCOC(=O)CC(C#N)n1ccc2cc(OC)ccc21. The van der Waals surface area contributed by atoms with E-state index in [1.807, 2.05) is 24.3 Å². The summed E-state index contributed by atoms with van der Waals surface area (Å²) in [5.41, 5.74) is 0.890. The number of nitriles is 1. The van der Waals surface area contributed by atoms with Crippen molar-refractivity contribution < 1.29 is 14.3 Å². The van der Waals surface area contributed by atoms with E-state index in [2.05, 4.69) is 6.07 Å². The van der Waals surface area contributed by atoms with Crippen molar-refractivity contribution in [1.29, 1.82) is 5.26 Å². The van der Waals surface area contributed by atoms with Crippen molar-refractivity contribution in [1.82, 2.24) is 4.57 Å². The second kappa shape index (κ2) is 6.11. The van der Waals surface area contributed by atoms with Crippen LogP contribution in [0.3, 0.4) is 0 Å². The van der Waals surface area contributed by atoms with Gasteiger partial charge in [-0.05, 0) is 31.2 Å². The summed E-state index contributed by atoms with van der Waals surface area (Å²) in [6.07, 6.45) is 1.84. The molecule has 2 aromatic rings. The predicted molar refractivity (Wildman–Crippen MR) is 74.4 cm³/mol. The van der Waals surface area contributed by atoms with Crippen LogP contribution in [0.2, 0.25) is 0 Å². The van der Waals surface area contributed by atoms with Gasteiger partial charge in [-0.1, -0.05) is 0 Å². The Bertz CT molecular complexity index is 655. The number of fused-ring (bicyclic) bond motifs is 1. The number of hydrogen-bond donors (Lipinski definition) is 0. The number of hydrogen-bond acceptors (Lipinski definition) is 4. The number of methoxy groups -OCH3 is 1. The summed E-state index contributed by atoms with van der Waals surface area (Å²) < 4.78 is 11.8. The number of ether oxygens (including phenoxy) is 2. The summed E-state index contributed by atoms with van der Waals surface area (Å²) in [6.45, 7) is 2.07. The summed E-state index contributed by atoms with van der Waals surface area (Å²) in [6, 6.07) is 9.08. The third-order valence-corrected chi connectivity index (χ3v) is 3.08. The van der Waals surface area contributed by atoms with E-state index >= 15 is 0 Å². The van der Waals surface area contributed by atoms with Crippen molar-refractivity contribution in [3.05, 3.63) is 30.5 Å². The third kappa shape index (κ3) is 2.75. The summed E-state index contributed by atoms with van der Waals surface area (Å²) >= 11 is 0. The van der Waals surface area contributed by atoms with Gasteiger partial charge in [0, 0.05) is 17.1 Å². The first-order chi connectivity index (χ1) is 9.69. The maximum absolute atomic E-state index is 11.5. The standard InChI is InChI=1S/C15H16N2O3/c1-3-20-15(18)9-12(10-16)17-7-6-11-8-13(19-2)4-5-14(11)17/h4-8,12H,3,9H2,1-2H3. The molecule has 0 aliphatic carbocycles. The van der Waals surface area contributed by atoms with E-state index in [-0.39, 0.29) is 12.4 Å². The van der Waals surface area contributed by atoms with Gasteiger partial charge in [-0.3, -0.25) is 4.79 Å². The van der Waals surface area contributed by atoms with Crippen LogP contribution < -0.4 is 4.74 Å². The molecule has 5 nitrogen and oxygen atoms in total. The molecular formula is C15H16N2O3. The number of aromatic nitrogens is 1.